The number of benzene rings is 2. The van der Waals surface area contributed by atoms with Gasteiger partial charge in [0.25, 0.3) is 0 Å². The Morgan fingerprint density at radius 3 is 2.65 bits per heavy atom. The number of hydrogen-bond donors (Lipinski definition) is 1. The van der Waals surface area contributed by atoms with Gasteiger partial charge in [-0.15, -0.1) is 0 Å². The van der Waals surface area contributed by atoms with Crippen LogP contribution in [0, 0.1) is 0 Å². The third-order valence-corrected chi connectivity index (χ3v) is 4.89. The van der Waals surface area contributed by atoms with Crippen molar-refractivity contribution in [1.82, 2.24) is 5.32 Å². The van der Waals surface area contributed by atoms with Crippen LogP contribution in [0.25, 0.3) is 0 Å². The molecule has 0 unspecified atom stereocenters. The lowest BCUT2D eigenvalue weighted by Gasteiger charge is -2.41. The van der Waals surface area contributed by atoms with E-state index in [4.69, 9.17) is 0 Å². The number of nitrogens with one attached hydrogen (secondary N) is 1. The molecule has 2 aromatic carbocycles. The van der Waals surface area contributed by atoms with Crippen molar-refractivity contribution in [3.05, 3.63) is 60.2 Å². The van der Waals surface area contributed by atoms with Gasteiger partial charge in [0.15, 0.2) is 0 Å². The number of rotatable bonds is 1. The quantitative estimate of drug-likeness (QED) is 0.842. The second-order valence-electron chi connectivity index (χ2n) is 6.10. The molecule has 2 nitrogen and oxygen atoms in total. The highest BCUT2D eigenvalue weighted by molar-refractivity contribution is 5.74. The molecule has 1 saturated heterocycles. The van der Waals surface area contributed by atoms with Crippen molar-refractivity contribution in [3.63, 3.8) is 0 Å². The molecule has 0 spiro atoms. The Labute approximate surface area is 120 Å². The summed E-state index contributed by atoms with van der Waals surface area (Å²) < 4.78 is 0. The fourth-order valence-electron chi connectivity index (χ4n) is 3.90. The monoisotopic (exact) mass is 264 g/mol. The van der Waals surface area contributed by atoms with Crippen LogP contribution < -0.4 is 10.2 Å². The molecule has 0 bridgehead atoms. The van der Waals surface area contributed by atoms with Gasteiger partial charge in [-0.2, -0.15) is 0 Å². The largest absolute Gasteiger partial charge is 0.324 e. The molecular weight excluding hydrogens is 244 g/mol. The molecule has 20 heavy (non-hydrogen) atoms. The number of fused-ring (bicyclic) bond motifs is 3. The lowest BCUT2D eigenvalue weighted by Crippen LogP contribution is -2.54. The van der Waals surface area contributed by atoms with Crippen molar-refractivity contribution in [2.24, 2.45) is 0 Å². The number of piperidine rings is 1. The molecule has 0 amide bonds. The zero-order valence-corrected chi connectivity index (χ0v) is 11.8. The molecule has 2 aromatic rings. The van der Waals surface area contributed by atoms with Crippen LogP contribution in [0.1, 0.15) is 25.3 Å². The minimum atomic E-state index is 0.213. The second-order valence-corrected chi connectivity index (χ2v) is 6.10. The third kappa shape index (κ3) is 1.55. The number of anilines is 2. The van der Waals surface area contributed by atoms with E-state index < -0.39 is 0 Å². The molecule has 1 fully saturated rings. The van der Waals surface area contributed by atoms with Gasteiger partial charge < -0.3 is 4.90 Å². The van der Waals surface area contributed by atoms with Crippen LogP contribution in [-0.4, -0.2) is 12.7 Å². The Bertz CT molecular complexity index is 622. The highest BCUT2D eigenvalue weighted by Gasteiger charge is 2.49. The highest BCUT2D eigenvalue weighted by atomic mass is 15.3. The van der Waals surface area contributed by atoms with Crippen LogP contribution in [0.5, 0.6) is 0 Å². The van der Waals surface area contributed by atoms with Gasteiger partial charge >= 0.3 is 0 Å². The van der Waals surface area contributed by atoms with Crippen molar-refractivity contribution in [2.45, 2.75) is 31.3 Å². The van der Waals surface area contributed by atoms with Gasteiger partial charge in [0.1, 0.15) is 0 Å². The minimum Gasteiger partial charge on any atom is -0.324 e. The maximum Gasteiger partial charge on any atom is 0.0941 e. The molecule has 2 heterocycles. The first-order valence-corrected chi connectivity index (χ1v) is 7.48. The SMILES string of the molecule is C[C@]12CCCN[C@@H]1N(c1ccccc1)c1ccccc12. The van der Waals surface area contributed by atoms with Gasteiger partial charge in [0.2, 0.25) is 0 Å². The van der Waals surface area contributed by atoms with Crippen LogP contribution in [0.2, 0.25) is 0 Å². The van der Waals surface area contributed by atoms with Crippen LogP contribution in [0.4, 0.5) is 11.4 Å². The zero-order valence-electron chi connectivity index (χ0n) is 11.8. The van der Waals surface area contributed by atoms with E-state index in [0.717, 1.165) is 6.54 Å². The summed E-state index contributed by atoms with van der Waals surface area (Å²) in [6.07, 6.45) is 2.88. The summed E-state index contributed by atoms with van der Waals surface area (Å²) in [5.74, 6) is 0. The van der Waals surface area contributed by atoms with E-state index in [1.807, 2.05) is 0 Å². The van der Waals surface area contributed by atoms with Crippen LogP contribution in [-0.2, 0) is 5.41 Å². The van der Waals surface area contributed by atoms with Crippen LogP contribution >= 0.6 is 0 Å². The van der Waals surface area contributed by atoms with E-state index in [1.165, 1.54) is 29.8 Å². The smallest absolute Gasteiger partial charge is 0.0941 e. The van der Waals surface area contributed by atoms with Gasteiger partial charge in [-0.3, -0.25) is 5.32 Å². The van der Waals surface area contributed by atoms with E-state index in [2.05, 4.69) is 71.7 Å². The topological polar surface area (TPSA) is 15.3 Å². The Hall–Kier alpha value is -1.80. The van der Waals surface area contributed by atoms with E-state index in [9.17, 15) is 0 Å². The molecule has 2 heteroatoms. The maximum atomic E-state index is 3.74. The molecule has 4 rings (SSSR count). The lowest BCUT2D eigenvalue weighted by molar-refractivity contribution is 0.269. The van der Waals surface area contributed by atoms with Crippen molar-refractivity contribution in [3.8, 4) is 0 Å². The molecule has 1 N–H and O–H groups in total. The van der Waals surface area contributed by atoms with Gasteiger partial charge in [-0.25, -0.2) is 0 Å². The minimum absolute atomic E-state index is 0.213. The number of para-hydroxylation sites is 2. The van der Waals surface area contributed by atoms with E-state index in [0.29, 0.717) is 6.17 Å². The first-order valence-electron chi connectivity index (χ1n) is 7.48. The fraction of sp³-hybridized carbons (Fsp3) is 0.333. The molecule has 0 aromatic heterocycles. The van der Waals surface area contributed by atoms with Gasteiger partial charge in [0, 0.05) is 16.8 Å². The summed E-state index contributed by atoms with van der Waals surface area (Å²) in [5.41, 5.74) is 4.34. The summed E-state index contributed by atoms with van der Waals surface area (Å²) >= 11 is 0. The van der Waals surface area contributed by atoms with Crippen molar-refractivity contribution in [2.75, 3.05) is 11.4 Å². The molecule has 2 aliphatic heterocycles. The number of nitrogens with zero attached hydrogens (tertiary/aromatic N) is 1. The van der Waals surface area contributed by atoms with Gasteiger partial charge in [-0.05, 0) is 43.1 Å². The third-order valence-electron chi connectivity index (χ3n) is 4.89. The Morgan fingerprint density at radius 2 is 1.80 bits per heavy atom. The average molecular weight is 264 g/mol. The van der Waals surface area contributed by atoms with E-state index in [-0.39, 0.29) is 5.41 Å². The molecule has 102 valence electrons. The van der Waals surface area contributed by atoms with Crippen LogP contribution in [0.15, 0.2) is 54.6 Å². The van der Waals surface area contributed by atoms with Gasteiger partial charge in [0.05, 0.1) is 6.17 Å². The lowest BCUT2D eigenvalue weighted by atomic mass is 9.76. The zero-order chi connectivity index (χ0) is 13.6. The van der Waals surface area contributed by atoms with Crippen molar-refractivity contribution >= 4 is 11.4 Å². The molecule has 0 aliphatic carbocycles. The predicted octanol–water partition coefficient (Wildman–Crippen LogP) is 3.81. The molecule has 2 aliphatic rings. The normalized spacial score (nSPS) is 28.1. The predicted molar refractivity (Wildman–Crippen MR) is 83.4 cm³/mol. The fourth-order valence-corrected chi connectivity index (χ4v) is 3.90. The summed E-state index contributed by atoms with van der Waals surface area (Å²) in [7, 11) is 0. The summed E-state index contributed by atoms with van der Waals surface area (Å²) in [4.78, 5) is 2.48. The van der Waals surface area contributed by atoms with Gasteiger partial charge in [-0.1, -0.05) is 43.3 Å². The molecule has 0 saturated carbocycles. The molecule has 2 atom stereocenters. The van der Waals surface area contributed by atoms with E-state index >= 15 is 0 Å². The summed E-state index contributed by atoms with van der Waals surface area (Å²) in [6.45, 7) is 3.52. The standard InChI is InChI=1S/C18H20N2/c1-18-12-7-13-19-17(18)20(14-8-3-2-4-9-14)16-11-6-5-10-15(16)18/h2-6,8-11,17,19H,7,12-13H2,1H3/t17-,18-/m1/s1. The van der Waals surface area contributed by atoms with Crippen LogP contribution in [0.3, 0.4) is 0 Å². The Balaban J connectivity index is 1.91. The summed E-state index contributed by atoms with van der Waals surface area (Å²) in [6, 6.07) is 19.6. The van der Waals surface area contributed by atoms with Crippen molar-refractivity contribution in [1.29, 1.82) is 0 Å². The van der Waals surface area contributed by atoms with Crippen molar-refractivity contribution < 1.29 is 0 Å². The Kier molecular flexibility index (Phi) is 2.61. The number of hydrogen-bond acceptors (Lipinski definition) is 2. The first kappa shape index (κ1) is 12.0. The summed E-state index contributed by atoms with van der Waals surface area (Å²) in [5, 5.41) is 3.74. The molecule has 0 radical (unpaired) electrons. The highest BCUT2D eigenvalue weighted by Crippen LogP contribution is 2.51. The Morgan fingerprint density at radius 1 is 1.05 bits per heavy atom. The average Bonchev–Trinajstić information content (AvgIpc) is 2.77. The van der Waals surface area contributed by atoms with E-state index in [1.54, 1.807) is 0 Å². The maximum absolute atomic E-state index is 3.74. The molecular formula is C18H20N2. The second kappa shape index (κ2) is 4.35. The first-order chi connectivity index (χ1) is 9.81.